The molecule has 2 aliphatic heterocycles. The highest BCUT2D eigenvalue weighted by Gasteiger charge is 2.55. The molecular weight excluding hydrogens is 334 g/mol. The van der Waals surface area contributed by atoms with Crippen molar-refractivity contribution < 1.29 is 9.53 Å². The summed E-state index contributed by atoms with van der Waals surface area (Å²) in [6, 6.07) is 21.1. The van der Waals surface area contributed by atoms with Gasteiger partial charge in [0.2, 0.25) is 5.91 Å². The summed E-state index contributed by atoms with van der Waals surface area (Å²) in [6.07, 6.45) is 2.61. The zero-order valence-corrected chi connectivity index (χ0v) is 16.4. The number of rotatable bonds is 4. The van der Waals surface area contributed by atoms with Crippen LogP contribution in [0.15, 0.2) is 60.7 Å². The highest BCUT2D eigenvalue weighted by Crippen LogP contribution is 2.55. The molecular formula is C24H29NO2. The third-order valence-corrected chi connectivity index (χ3v) is 6.45. The van der Waals surface area contributed by atoms with Gasteiger partial charge in [-0.3, -0.25) is 4.79 Å². The second-order valence-electron chi connectivity index (χ2n) is 8.74. The molecule has 0 radical (unpaired) electrons. The van der Waals surface area contributed by atoms with Crippen molar-refractivity contribution in [2.75, 3.05) is 19.8 Å². The molecule has 3 nitrogen and oxygen atoms in total. The molecule has 2 aliphatic rings. The molecule has 2 saturated heterocycles. The first kappa shape index (κ1) is 18.2. The number of amides is 1. The number of carbonyl (C=O) groups excluding carboxylic acids is 1. The quantitative estimate of drug-likeness (QED) is 0.786. The van der Waals surface area contributed by atoms with Crippen molar-refractivity contribution in [3.05, 3.63) is 71.8 Å². The SMILES string of the molecule is CC(C)(CC(=O)N1CC2(CCOCC2)C1c1ccccc1)c1ccccc1. The van der Waals surface area contributed by atoms with E-state index in [2.05, 4.69) is 67.3 Å². The number of hydrogen-bond acceptors (Lipinski definition) is 2. The Labute approximate surface area is 162 Å². The third-order valence-electron chi connectivity index (χ3n) is 6.45. The fourth-order valence-corrected chi connectivity index (χ4v) is 4.82. The monoisotopic (exact) mass is 363 g/mol. The van der Waals surface area contributed by atoms with Gasteiger partial charge < -0.3 is 9.64 Å². The molecule has 2 fully saturated rings. The molecule has 1 unspecified atom stereocenters. The third kappa shape index (κ3) is 3.41. The van der Waals surface area contributed by atoms with E-state index in [1.54, 1.807) is 0 Å². The van der Waals surface area contributed by atoms with Gasteiger partial charge in [0.15, 0.2) is 0 Å². The first-order valence-corrected chi connectivity index (χ1v) is 10.00. The fraction of sp³-hybridized carbons (Fsp3) is 0.458. The second-order valence-corrected chi connectivity index (χ2v) is 8.74. The molecule has 0 saturated carbocycles. The largest absolute Gasteiger partial charge is 0.381 e. The fourth-order valence-electron chi connectivity index (χ4n) is 4.82. The minimum atomic E-state index is -0.169. The average Bonchev–Trinajstić information content (AvgIpc) is 2.68. The van der Waals surface area contributed by atoms with Gasteiger partial charge in [-0.05, 0) is 29.4 Å². The predicted octanol–water partition coefficient (Wildman–Crippen LogP) is 4.73. The van der Waals surface area contributed by atoms with E-state index in [1.807, 2.05) is 12.1 Å². The first-order chi connectivity index (χ1) is 13.0. The van der Waals surface area contributed by atoms with E-state index < -0.39 is 0 Å². The standard InChI is InChI=1S/C24H29NO2/c1-23(2,20-11-7-4-8-12-20)17-21(26)25-18-24(13-15-27-16-14-24)22(25)19-9-5-3-6-10-19/h3-12,22H,13-18H2,1-2H3. The van der Waals surface area contributed by atoms with E-state index in [9.17, 15) is 4.79 Å². The summed E-state index contributed by atoms with van der Waals surface area (Å²) in [5.74, 6) is 0.259. The lowest BCUT2D eigenvalue weighted by Crippen LogP contribution is -2.62. The molecule has 3 heteroatoms. The summed E-state index contributed by atoms with van der Waals surface area (Å²) < 4.78 is 5.62. The van der Waals surface area contributed by atoms with Gasteiger partial charge in [-0.25, -0.2) is 0 Å². The Hall–Kier alpha value is -2.13. The van der Waals surface area contributed by atoms with Crippen LogP contribution in [0.2, 0.25) is 0 Å². The minimum Gasteiger partial charge on any atom is -0.381 e. The van der Waals surface area contributed by atoms with E-state index in [-0.39, 0.29) is 22.8 Å². The van der Waals surface area contributed by atoms with Crippen LogP contribution in [0.3, 0.4) is 0 Å². The van der Waals surface area contributed by atoms with Gasteiger partial charge in [0.1, 0.15) is 0 Å². The maximum Gasteiger partial charge on any atom is 0.223 e. The van der Waals surface area contributed by atoms with Crippen molar-refractivity contribution in [3.63, 3.8) is 0 Å². The van der Waals surface area contributed by atoms with Crippen LogP contribution in [-0.2, 0) is 14.9 Å². The lowest BCUT2D eigenvalue weighted by Gasteiger charge is -2.59. The van der Waals surface area contributed by atoms with Crippen LogP contribution in [0.1, 0.15) is 50.3 Å². The van der Waals surface area contributed by atoms with Crippen LogP contribution in [0.25, 0.3) is 0 Å². The molecule has 2 heterocycles. The van der Waals surface area contributed by atoms with Crippen LogP contribution in [0, 0.1) is 5.41 Å². The zero-order valence-electron chi connectivity index (χ0n) is 16.4. The molecule has 2 aromatic carbocycles. The number of benzene rings is 2. The van der Waals surface area contributed by atoms with Crippen molar-refractivity contribution in [1.29, 1.82) is 0 Å². The number of carbonyl (C=O) groups is 1. The van der Waals surface area contributed by atoms with Gasteiger partial charge in [-0.1, -0.05) is 74.5 Å². The van der Waals surface area contributed by atoms with Crippen LogP contribution in [0.5, 0.6) is 0 Å². The van der Waals surface area contributed by atoms with Crippen molar-refractivity contribution in [1.82, 2.24) is 4.90 Å². The molecule has 0 bridgehead atoms. The maximum absolute atomic E-state index is 13.3. The summed E-state index contributed by atoms with van der Waals surface area (Å²) in [4.78, 5) is 15.4. The Kier molecular flexibility index (Phi) is 4.81. The minimum absolute atomic E-state index is 0.169. The van der Waals surface area contributed by atoms with Gasteiger partial charge in [0, 0.05) is 31.6 Å². The van der Waals surface area contributed by atoms with Gasteiger partial charge in [0.25, 0.3) is 0 Å². The topological polar surface area (TPSA) is 29.5 Å². The lowest BCUT2D eigenvalue weighted by molar-refractivity contribution is -0.170. The highest BCUT2D eigenvalue weighted by atomic mass is 16.5. The van der Waals surface area contributed by atoms with Gasteiger partial charge in [-0.15, -0.1) is 0 Å². The molecule has 4 rings (SSSR count). The summed E-state index contributed by atoms with van der Waals surface area (Å²) in [7, 11) is 0. The van der Waals surface area contributed by atoms with Gasteiger partial charge in [-0.2, -0.15) is 0 Å². The van der Waals surface area contributed by atoms with Crippen molar-refractivity contribution >= 4 is 5.91 Å². The summed E-state index contributed by atoms with van der Waals surface area (Å²) in [5, 5.41) is 0. The van der Waals surface area contributed by atoms with Gasteiger partial charge in [0.05, 0.1) is 6.04 Å². The van der Waals surface area contributed by atoms with E-state index in [1.165, 1.54) is 11.1 Å². The smallest absolute Gasteiger partial charge is 0.223 e. The van der Waals surface area contributed by atoms with Crippen LogP contribution < -0.4 is 0 Å². The number of nitrogens with zero attached hydrogens (tertiary/aromatic N) is 1. The van der Waals surface area contributed by atoms with E-state index >= 15 is 0 Å². The van der Waals surface area contributed by atoms with E-state index in [0.29, 0.717) is 6.42 Å². The molecule has 1 atom stereocenters. The van der Waals surface area contributed by atoms with Crippen LogP contribution in [-0.4, -0.2) is 30.6 Å². The number of likely N-dealkylation sites (tertiary alicyclic amines) is 1. The van der Waals surface area contributed by atoms with Crippen molar-refractivity contribution in [3.8, 4) is 0 Å². The van der Waals surface area contributed by atoms with Crippen LogP contribution in [0.4, 0.5) is 0 Å². The molecule has 1 spiro atoms. The van der Waals surface area contributed by atoms with E-state index in [0.717, 1.165) is 32.6 Å². The Morgan fingerprint density at radius 2 is 1.63 bits per heavy atom. The second kappa shape index (κ2) is 7.12. The van der Waals surface area contributed by atoms with Crippen LogP contribution >= 0.6 is 0 Å². The number of ether oxygens (including phenoxy) is 1. The molecule has 27 heavy (non-hydrogen) atoms. The molecule has 2 aromatic rings. The molecule has 142 valence electrons. The summed E-state index contributed by atoms with van der Waals surface area (Å²) in [5.41, 5.74) is 2.50. The molecule has 1 amide bonds. The normalized spacial score (nSPS) is 21.7. The summed E-state index contributed by atoms with van der Waals surface area (Å²) in [6.45, 7) is 6.81. The van der Waals surface area contributed by atoms with E-state index in [4.69, 9.17) is 4.74 Å². The maximum atomic E-state index is 13.3. The Morgan fingerprint density at radius 1 is 1.04 bits per heavy atom. The highest BCUT2D eigenvalue weighted by molar-refractivity contribution is 5.79. The molecule has 0 aliphatic carbocycles. The van der Waals surface area contributed by atoms with Gasteiger partial charge >= 0.3 is 0 Å². The Bertz CT molecular complexity index is 779. The Morgan fingerprint density at radius 3 is 2.26 bits per heavy atom. The Balaban J connectivity index is 1.56. The molecule has 0 N–H and O–H groups in total. The lowest BCUT2D eigenvalue weighted by atomic mass is 9.63. The zero-order chi connectivity index (χ0) is 18.9. The summed E-state index contributed by atoms with van der Waals surface area (Å²) >= 11 is 0. The van der Waals surface area contributed by atoms with Crippen molar-refractivity contribution in [2.45, 2.75) is 44.6 Å². The first-order valence-electron chi connectivity index (χ1n) is 10.00. The molecule has 0 aromatic heterocycles. The predicted molar refractivity (Wildman–Crippen MR) is 107 cm³/mol. The number of hydrogen-bond donors (Lipinski definition) is 0. The van der Waals surface area contributed by atoms with Crippen molar-refractivity contribution in [2.24, 2.45) is 5.41 Å². The average molecular weight is 364 g/mol.